The first-order valence-electron chi connectivity index (χ1n) is 4.77. The molecule has 0 radical (unpaired) electrons. The molecule has 0 fully saturated rings. The quantitative estimate of drug-likeness (QED) is 0.587. The number of hydrogen-bond acceptors (Lipinski definition) is 3. The molecule has 0 bridgehead atoms. The van der Waals surface area contributed by atoms with Crippen molar-refractivity contribution >= 4 is 16.6 Å². The average Bonchev–Trinajstić information content (AvgIpc) is 2.23. The summed E-state index contributed by atoms with van der Waals surface area (Å²) in [5.74, 6) is 0. The number of aromatic nitrogens is 1. The summed E-state index contributed by atoms with van der Waals surface area (Å²) in [6.07, 6.45) is 1.49. The number of H-pyrrole nitrogens is 1. The second-order valence-electron chi connectivity index (χ2n) is 3.76. The molecule has 2 aromatic rings. The molecule has 2 rings (SSSR count). The van der Waals surface area contributed by atoms with Crippen LogP contribution in [-0.2, 0) is 0 Å². The fraction of sp³-hybridized carbons (Fsp3) is 0.182. The number of nitro benzene ring substituents is 1. The molecule has 0 unspecified atom stereocenters. The zero-order valence-corrected chi connectivity index (χ0v) is 8.90. The molecule has 0 atom stereocenters. The Balaban J connectivity index is 3.00. The van der Waals surface area contributed by atoms with Gasteiger partial charge in [0.25, 0.3) is 5.69 Å². The molecule has 0 aliphatic carbocycles. The van der Waals surface area contributed by atoms with E-state index in [1.54, 1.807) is 19.9 Å². The van der Waals surface area contributed by atoms with Gasteiger partial charge in [-0.25, -0.2) is 0 Å². The largest absolute Gasteiger partial charge is 0.355 e. The Hall–Kier alpha value is -2.17. The fourth-order valence-electron chi connectivity index (χ4n) is 1.70. The van der Waals surface area contributed by atoms with Crippen molar-refractivity contribution in [2.45, 2.75) is 13.8 Å². The van der Waals surface area contributed by atoms with Crippen LogP contribution in [0.15, 0.2) is 23.1 Å². The minimum absolute atomic E-state index is 0.0629. The molecule has 0 spiro atoms. The highest BCUT2D eigenvalue weighted by molar-refractivity contribution is 5.87. The Labute approximate surface area is 90.9 Å². The van der Waals surface area contributed by atoms with Crippen molar-refractivity contribution in [2.75, 3.05) is 0 Å². The van der Waals surface area contributed by atoms with E-state index in [-0.39, 0.29) is 16.6 Å². The monoisotopic (exact) mass is 218 g/mol. The standard InChI is InChI=1S/C11H10N2O3/c1-6-3-8-10(9(4-6)13(15)16)12-5-7(2)11(8)14/h3-5H,1-2H3,(H,12,14). The van der Waals surface area contributed by atoms with Crippen molar-refractivity contribution in [3.8, 4) is 0 Å². The van der Waals surface area contributed by atoms with Crippen LogP contribution in [0.2, 0.25) is 0 Å². The van der Waals surface area contributed by atoms with E-state index < -0.39 is 4.92 Å². The number of benzene rings is 1. The van der Waals surface area contributed by atoms with Gasteiger partial charge in [0.2, 0.25) is 0 Å². The molecule has 0 amide bonds. The first kappa shape index (κ1) is 10.4. The van der Waals surface area contributed by atoms with Crippen LogP contribution in [0, 0.1) is 24.0 Å². The molecule has 5 heteroatoms. The SMILES string of the molecule is Cc1cc([N+](=O)[O-])c2[nH]cc(C)c(=O)c2c1. The first-order valence-corrected chi connectivity index (χ1v) is 4.77. The molecular weight excluding hydrogens is 208 g/mol. The summed E-state index contributed by atoms with van der Waals surface area (Å²) < 4.78 is 0. The summed E-state index contributed by atoms with van der Waals surface area (Å²) in [6, 6.07) is 3.11. The van der Waals surface area contributed by atoms with Crippen molar-refractivity contribution in [2.24, 2.45) is 0 Å². The van der Waals surface area contributed by atoms with Crippen LogP contribution in [-0.4, -0.2) is 9.91 Å². The van der Waals surface area contributed by atoms with Gasteiger partial charge in [-0.3, -0.25) is 14.9 Å². The van der Waals surface area contributed by atoms with Crippen LogP contribution in [0.3, 0.4) is 0 Å². The molecule has 0 aliphatic rings. The number of pyridine rings is 1. The third kappa shape index (κ3) is 1.46. The number of hydrogen-bond donors (Lipinski definition) is 1. The van der Waals surface area contributed by atoms with Crippen LogP contribution >= 0.6 is 0 Å². The molecule has 0 saturated heterocycles. The van der Waals surface area contributed by atoms with Gasteiger partial charge in [-0.05, 0) is 25.5 Å². The van der Waals surface area contributed by atoms with E-state index in [9.17, 15) is 14.9 Å². The second-order valence-corrected chi connectivity index (χ2v) is 3.76. The van der Waals surface area contributed by atoms with Crippen LogP contribution in [0.1, 0.15) is 11.1 Å². The summed E-state index contributed by atoms with van der Waals surface area (Å²) in [6.45, 7) is 3.40. The van der Waals surface area contributed by atoms with Gasteiger partial charge in [0, 0.05) is 17.8 Å². The minimum Gasteiger partial charge on any atom is -0.355 e. The van der Waals surface area contributed by atoms with Gasteiger partial charge < -0.3 is 4.98 Å². The van der Waals surface area contributed by atoms with Crippen molar-refractivity contribution < 1.29 is 4.92 Å². The van der Waals surface area contributed by atoms with Crippen molar-refractivity contribution in [3.05, 3.63) is 49.8 Å². The fourth-order valence-corrected chi connectivity index (χ4v) is 1.70. The molecule has 16 heavy (non-hydrogen) atoms. The number of rotatable bonds is 1. The lowest BCUT2D eigenvalue weighted by atomic mass is 10.1. The molecule has 0 aliphatic heterocycles. The molecule has 1 heterocycles. The van der Waals surface area contributed by atoms with E-state index >= 15 is 0 Å². The lowest BCUT2D eigenvalue weighted by Gasteiger charge is -2.02. The maximum absolute atomic E-state index is 11.8. The number of nitro groups is 1. The van der Waals surface area contributed by atoms with Gasteiger partial charge in [-0.15, -0.1) is 0 Å². The topological polar surface area (TPSA) is 76.0 Å². The number of nitrogens with one attached hydrogen (secondary N) is 1. The van der Waals surface area contributed by atoms with Gasteiger partial charge in [-0.2, -0.15) is 0 Å². The smallest absolute Gasteiger partial charge is 0.293 e. The Morgan fingerprint density at radius 1 is 1.31 bits per heavy atom. The minimum atomic E-state index is -0.486. The summed E-state index contributed by atoms with van der Waals surface area (Å²) in [4.78, 5) is 25.0. The number of nitrogens with zero attached hydrogens (tertiary/aromatic N) is 1. The third-order valence-electron chi connectivity index (χ3n) is 2.49. The Kier molecular flexibility index (Phi) is 2.23. The van der Waals surface area contributed by atoms with Crippen molar-refractivity contribution in [1.29, 1.82) is 0 Å². The number of aromatic amines is 1. The maximum atomic E-state index is 11.8. The predicted octanol–water partition coefficient (Wildman–Crippen LogP) is 2.05. The summed E-state index contributed by atoms with van der Waals surface area (Å²) in [5.41, 5.74) is 1.31. The Morgan fingerprint density at radius 2 is 2.00 bits per heavy atom. The average molecular weight is 218 g/mol. The molecule has 82 valence electrons. The molecule has 1 aromatic heterocycles. The first-order chi connectivity index (χ1) is 7.50. The van der Waals surface area contributed by atoms with Gasteiger partial charge in [0.1, 0.15) is 5.52 Å². The van der Waals surface area contributed by atoms with Gasteiger partial charge in [0.05, 0.1) is 10.3 Å². The Bertz CT molecular complexity index is 643. The number of aryl methyl sites for hydroxylation is 2. The van der Waals surface area contributed by atoms with Crippen LogP contribution < -0.4 is 5.43 Å². The van der Waals surface area contributed by atoms with Crippen LogP contribution in [0.4, 0.5) is 5.69 Å². The van der Waals surface area contributed by atoms with Crippen LogP contribution in [0.25, 0.3) is 10.9 Å². The Morgan fingerprint density at radius 3 is 2.62 bits per heavy atom. The van der Waals surface area contributed by atoms with Gasteiger partial charge >= 0.3 is 0 Å². The predicted molar refractivity (Wildman–Crippen MR) is 60.7 cm³/mol. The highest BCUT2D eigenvalue weighted by Crippen LogP contribution is 2.23. The lowest BCUT2D eigenvalue weighted by molar-refractivity contribution is -0.383. The third-order valence-corrected chi connectivity index (χ3v) is 2.49. The number of non-ortho nitro benzene ring substituents is 1. The molecular formula is C11H10N2O3. The van der Waals surface area contributed by atoms with Gasteiger partial charge in [-0.1, -0.05) is 0 Å². The summed E-state index contributed by atoms with van der Waals surface area (Å²) >= 11 is 0. The summed E-state index contributed by atoms with van der Waals surface area (Å²) in [7, 11) is 0. The highest BCUT2D eigenvalue weighted by atomic mass is 16.6. The van der Waals surface area contributed by atoms with Crippen molar-refractivity contribution in [3.63, 3.8) is 0 Å². The van der Waals surface area contributed by atoms with E-state index in [1.165, 1.54) is 12.3 Å². The van der Waals surface area contributed by atoms with Crippen molar-refractivity contribution in [1.82, 2.24) is 4.98 Å². The normalized spacial score (nSPS) is 10.6. The zero-order chi connectivity index (χ0) is 11.9. The van der Waals surface area contributed by atoms with E-state index in [1.807, 2.05) is 0 Å². The lowest BCUT2D eigenvalue weighted by Crippen LogP contribution is -2.07. The van der Waals surface area contributed by atoms with Crippen LogP contribution in [0.5, 0.6) is 0 Å². The van der Waals surface area contributed by atoms with E-state index in [0.717, 1.165) is 0 Å². The number of fused-ring (bicyclic) bond motifs is 1. The van der Waals surface area contributed by atoms with E-state index in [2.05, 4.69) is 4.98 Å². The van der Waals surface area contributed by atoms with Gasteiger partial charge in [0.15, 0.2) is 5.43 Å². The highest BCUT2D eigenvalue weighted by Gasteiger charge is 2.15. The molecule has 1 N–H and O–H groups in total. The molecule has 1 aromatic carbocycles. The maximum Gasteiger partial charge on any atom is 0.293 e. The second kappa shape index (κ2) is 3.44. The molecule has 0 saturated carbocycles. The zero-order valence-electron chi connectivity index (χ0n) is 8.90. The van der Waals surface area contributed by atoms with E-state index in [0.29, 0.717) is 16.5 Å². The molecule has 5 nitrogen and oxygen atoms in total. The van der Waals surface area contributed by atoms with E-state index in [4.69, 9.17) is 0 Å². The summed E-state index contributed by atoms with van der Waals surface area (Å²) in [5, 5.41) is 11.2.